The number of nitrogens with zero attached hydrogens (tertiary/aromatic N) is 1. The Kier molecular flexibility index (Phi) is 6.80. The van der Waals surface area contributed by atoms with Gasteiger partial charge >= 0.3 is 0 Å². The van der Waals surface area contributed by atoms with Crippen molar-refractivity contribution in [3.63, 3.8) is 0 Å². The number of carbonyl (C=O) groups is 1. The first-order valence-corrected chi connectivity index (χ1v) is 8.50. The van der Waals surface area contributed by atoms with Gasteiger partial charge in [0.1, 0.15) is 0 Å². The van der Waals surface area contributed by atoms with Crippen LogP contribution < -0.4 is 10.6 Å². The molecule has 0 aromatic carbocycles. The fourth-order valence-corrected chi connectivity index (χ4v) is 3.54. The standard InChI is InChI=1S/C16H31N3O/c1-2-4-14-5-7-15(8-6-14)18-16(20)13-19-11-3-9-17-10-12-19/h14-15,17H,2-13H2,1H3,(H,18,20). The van der Waals surface area contributed by atoms with E-state index in [9.17, 15) is 4.79 Å². The predicted molar refractivity (Wildman–Crippen MR) is 82.7 cm³/mol. The van der Waals surface area contributed by atoms with Crippen LogP contribution in [0.25, 0.3) is 0 Å². The zero-order chi connectivity index (χ0) is 14.2. The largest absolute Gasteiger partial charge is 0.352 e. The van der Waals surface area contributed by atoms with Gasteiger partial charge in [-0.15, -0.1) is 0 Å². The third-order valence-electron chi connectivity index (χ3n) is 4.71. The first-order chi connectivity index (χ1) is 9.78. The lowest BCUT2D eigenvalue weighted by Gasteiger charge is -2.29. The number of carbonyl (C=O) groups excluding carboxylic acids is 1. The molecule has 4 nitrogen and oxygen atoms in total. The van der Waals surface area contributed by atoms with Gasteiger partial charge in [-0.2, -0.15) is 0 Å². The molecular weight excluding hydrogens is 250 g/mol. The zero-order valence-corrected chi connectivity index (χ0v) is 13.0. The average Bonchev–Trinajstić information content (AvgIpc) is 2.70. The van der Waals surface area contributed by atoms with Crippen LogP contribution in [0.5, 0.6) is 0 Å². The van der Waals surface area contributed by atoms with Gasteiger partial charge in [0.2, 0.25) is 5.91 Å². The average molecular weight is 281 g/mol. The van der Waals surface area contributed by atoms with Gasteiger partial charge in [-0.3, -0.25) is 9.69 Å². The van der Waals surface area contributed by atoms with E-state index in [4.69, 9.17) is 0 Å². The van der Waals surface area contributed by atoms with Crippen LogP contribution in [0.3, 0.4) is 0 Å². The molecule has 116 valence electrons. The third kappa shape index (κ3) is 5.41. The first-order valence-electron chi connectivity index (χ1n) is 8.50. The molecule has 20 heavy (non-hydrogen) atoms. The summed E-state index contributed by atoms with van der Waals surface area (Å²) in [5, 5.41) is 6.62. The molecule has 1 amide bonds. The Bertz CT molecular complexity index is 279. The summed E-state index contributed by atoms with van der Waals surface area (Å²) in [4.78, 5) is 14.4. The van der Waals surface area contributed by atoms with E-state index in [0.717, 1.165) is 38.5 Å². The molecule has 1 saturated heterocycles. The van der Waals surface area contributed by atoms with Gasteiger partial charge in [-0.05, 0) is 51.1 Å². The minimum atomic E-state index is 0.228. The second kappa shape index (κ2) is 8.63. The fourth-order valence-electron chi connectivity index (χ4n) is 3.54. The summed E-state index contributed by atoms with van der Waals surface area (Å²) in [6.07, 6.45) is 8.76. The highest BCUT2D eigenvalue weighted by Crippen LogP contribution is 2.27. The van der Waals surface area contributed by atoms with Crippen molar-refractivity contribution >= 4 is 5.91 Å². The van der Waals surface area contributed by atoms with Crippen LogP contribution in [0.15, 0.2) is 0 Å². The Morgan fingerprint density at radius 1 is 1.20 bits per heavy atom. The minimum Gasteiger partial charge on any atom is -0.352 e. The van der Waals surface area contributed by atoms with Crippen molar-refractivity contribution < 1.29 is 4.79 Å². The van der Waals surface area contributed by atoms with Crippen LogP contribution in [0.4, 0.5) is 0 Å². The van der Waals surface area contributed by atoms with Crippen molar-refractivity contribution in [3.05, 3.63) is 0 Å². The smallest absolute Gasteiger partial charge is 0.234 e. The summed E-state index contributed by atoms with van der Waals surface area (Å²) in [7, 11) is 0. The highest BCUT2D eigenvalue weighted by atomic mass is 16.2. The lowest BCUT2D eigenvalue weighted by atomic mass is 9.83. The molecule has 0 radical (unpaired) electrons. The monoisotopic (exact) mass is 281 g/mol. The molecule has 1 aliphatic carbocycles. The highest BCUT2D eigenvalue weighted by Gasteiger charge is 2.22. The van der Waals surface area contributed by atoms with E-state index in [2.05, 4.69) is 22.5 Å². The number of hydrogen-bond donors (Lipinski definition) is 2. The molecular formula is C16H31N3O. The summed E-state index contributed by atoms with van der Waals surface area (Å²) < 4.78 is 0. The normalized spacial score (nSPS) is 28.9. The van der Waals surface area contributed by atoms with Crippen molar-refractivity contribution in [2.45, 2.75) is 57.9 Å². The topological polar surface area (TPSA) is 44.4 Å². The van der Waals surface area contributed by atoms with E-state index in [1.807, 2.05) is 0 Å². The van der Waals surface area contributed by atoms with E-state index < -0.39 is 0 Å². The van der Waals surface area contributed by atoms with Crippen molar-refractivity contribution in [2.24, 2.45) is 5.92 Å². The molecule has 2 rings (SSSR count). The van der Waals surface area contributed by atoms with Gasteiger partial charge in [-0.25, -0.2) is 0 Å². The summed E-state index contributed by atoms with van der Waals surface area (Å²) in [5.41, 5.74) is 0. The molecule has 0 aromatic heterocycles. The Morgan fingerprint density at radius 3 is 2.75 bits per heavy atom. The Labute approximate surface area is 123 Å². The highest BCUT2D eigenvalue weighted by molar-refractivity contribution is 5.78. The minimum absolute atomic E-state index is 0.228. The second-order valence-corrected chi connectivity index (χ2v) is 6.45. The molecule has 0 aromatic rings. The second-order valence-electron chi connectivity index (χ2n) is 6.45. The van der Waals surface area contributed by atoms with Crippen LogP contribution in [0.1, 0.15) is 51.9 Å². The fraction of sp³-hybridized carbons (Fsp3) is 0.938. The van der Waals surface area contributed by atoms with Gasteiger partial charge in [0.25, 0.3) is 0 Å². The third-order valence-corrected chi connectivity index (χ3v) is 4.71. The van der Waals surface area contributed by atoms with Gasteiger partial charge in [-0.1, -0.05) is 19.8 Å². The quantitative estimate of drug-likeness (QED) is 0.807. The molecule has 0 unspecified atom stereocenters. The molecule has 2 aliphatic rings. The van der Waals surface area contributed by atoms with Crippen LogP contribution in [-0.2, 0) is 4.79 Å². The molecule has 2 fully saturated rings. The van der Waals surface area contributed by atoms with Crippen molar-refractivity contribution in [3.8, 4) is 0 Å². The predicted octanol–water partition coefficient (Wildman–Crippen LogP) is 1.76. The molecule has 0 bridgehead atoms. The van der Waals surface area contributed by atoms with E-state index in [0.29, 0.717) is 12.6 Å². The lowest BCUT2D eigenvalue weighted by molar-refractivity contribution is -0.123. The molecule has 0 atom stereocenters. The maximum Gasteiger partial charge on any atom is 0.234 e. The van der Waals surface area contributed by atoms with E-state index in [1.54, 1.807) is 0 Å². The summed E-state index contributed by atoms with van der Waals surface area (Å²) >= 11 is 0. The van der Waals surface area contributed by atoms with Crippen LogP contribution in [-0.4, -0.2) is 49.6 Å². The summed E-state index contributed by atoms with van der Waals surface area (Å²) in [6, 6.07) is 0.431. The number of rotatable bonds is 5. The van der Waals surface area contributed by atoms with Crippen LogP contribution >= 0.6 is 0 Å². The molecule has 1 aliphatic heterocycles. The first kappa shape index (κ1) is 15.8. The maximum absolute atomic E-state index is 12.1. The summed E-state index contributed by atoms with van der Waals surface area (Å²) in [6.45, 7) is 6.98. The molecule has 0 spiro atoms. The van der Waals surface area contributed by atoms with Crippen LogP contribution in [0, 0.1) is 5.92 Å². The van der Waals surface area contributed by atoms with Crippen molar-refractivity contribution in [1.29, 1.82) is 0 Å². The number of nitrogens with one attached hydrogen (secondary N) is 2. The molecule has 1 saturated carbocycles. The zero-order valence-electron chi connectivity index (χ0n) is 13.0. The van der Waals surface area contributed by atoms with Gasteiger partial charge in [0.05, 0.1) is 6.54 Å². The molecule has 2 N–H and O–H groups in total. The lowest BCUT2D eigenvalue weighted by Crippen LogP contribution is -2.44. The van der Waals surface area contributed by atoms with Crippen molar-refractivity contribution in [2.75, 3.05) is 32.7 Å². The Morgan fingerprint density at radius 2 is 2.00 bits per heavy atom. The van der Waals surface area contributed by atoms with E-state index in [-0.39, 0.29) is 5.91 Å². The van der Waals surface area contributed by atoms with Crippen LogP contribution in [0.2, 0.25) is 0 Å². The Hall–Kier alpha value is -0.610. The van der Waals surface area contributed by atoms with E-state index >= 15 is 0 Å². The van der Waals surface area contributed by atoms with E-state index in [1.165, 1.54) is 38.5 Å². The number of amides is 1. The maximum atomic E-state index is 12.1. The van der Waals surface area contributed by atoms with Gasteiger partial charge < -0.3 is 10.6 Å². The Balaban J connectivity index is 1.64. The number of hydrogen-bond acceptors (Lipinski definition) is 3. The molecule has 4 heteroatoms. The molecule has 1 heterocycles. The van der Waals surface area contributed by atoms with Gasteiger partial charge in [0.15, 0.2) is 0 Å². The van der Waals surface area contributed by atoms with Crippen molar-refractivity contribution in [1.82, 2.24) is 15.5 Å². The summed E-state index contributed by atoms with van der Waals surface area (Å²) in [5.74, 6) is 1.13. The SMILES string of the molecule is CCCC1CCC(NC(=O)CN2CCCNCC2)CC1. The van der Waals surface area contributed by atoms with Gasteiger partial charge in [0, 0.05) is 19.1 Å².